The highest BCUT2D eigenvalue weighted by Gasteiger charge is 2.27. The molecule has 0 aliphatic carbocycles. The maximum Gasteiger partial charge on any atom is 0.408 e. The topological polar surface area (TPSA) is 86.3 Å². The fourth-order valence-corrected chi connectivity index (χ4v) is 2.77. The second-order valence-corrected chi connectivity index (χ2v) is 7.12. The lowest BCUT2D eigenvalue weighted by molar-refractivity contribution is 0.0512. The number of benzene rings is 2. The Balaban J connectivity index is 2.01. The molecule has 1 amide bonds. The quantitative estimate of drug-likeness (QED) is 0.849. The third kappa shape index (κ3) is 4.36. The zero-order chi connectivity index (χ0) is 19.6. The largest absolute Gasteiger partial charge is 0.507 e. The molecular weight excluding hydrogens is 350 g/mol. The molecule has 1 atom stereocenters. The van der Waals surface area contributed by atoms with Gasteiger partial charge in [0.05, 0.1) is 13.2 Å². The number of amides is 1. The number of hydrogen-bond acceptors (Lipinski definition) is 6. The average molecular weight is 373 g/mol. The lowest BCUT2D eigenvalue weighted by Gasteiger charge is -2.25. The Morgan fingerprint density at radius 3 is 2.56 bits per heavy atom. The third-order valence-electron chi connectivity index (χ3n) is 3.92. The van der Waals surface area contributed by atoms with Gasteiger partial charge in [-0.1, -0.05) is 12.1 Å². The predicted molar refractivity (Wildman–Crippen MR) is 98.4 cm³/mol. The number of carbonyl (C=O) groups is 1. The Kier molecular flexibility index (Phi) is 5.03. The second kappa shape index (κ2) is 7.26. The molecule has 2 N–H and O–H groups in total. The van der Waals surface area contributed by atoms with Crippen LogP contribution in [-0.4, -0.2) is 30.7 Å². The molecule has 7 nitrogen and oxygen atoms in total. The summed E-state index contributed by atoms with van der Waals surface area (Å²) in [6.07, 6.45) is -0.604. The number of phenolic OH excluding ortho intramolecular Hbond substituents is 1. The minimum atomic E-state index is -0.676. The van der Waals surface area contributed by atoms with Gasteiger partial charge in [0.25, 0.3) is 0 Å². The molecule has 0 unspecified atom stereocenters. The van der Waals surface area contributed by atoms with Gasteiger partial charge in [0.2, 0.25) is 6.79 Å². The van der Waals surface area contributed by atoms with Crippen LogP contribution in [0.3, 0.4) is 0 Å². The lowest BCUT2D eigenvalue weighted by atomic mass is 9.97. The summed E-state index contributed by atoms with van der Waals surface area (Å²) >= 11 is 0. The van der Waals surface area contributed by atoms with Gasteiger partial charge in [0, 0.05) is 11.6 Å². The zero-order valence-corrected chi connectivity index (χ0v) is 15.7. The summed E-state index contributed by atoms with van der Waals surface area (Å²) in [5, 5.41) is 13.3. The van der Waals surface area contributed by atoms with Crippen molar-refractivity contribution in [1.82, 2.24) is 5.32 Å². The molecule has 2 aromatic rings. The molecule has 1 aliphatic heterocycles. The molecule has 1 heterocycles. The van der Waals surface area contributed by atoms with Crippen molar-refractivity contribution in [2.45, 2.75) is 32.4 Å². The van der Waals surface area contributed by atoms with Gasteiger partial charge in [0.15, 0.2) is 11.5 Å². The monoisotopic (exact) mass is 373 g/mol. The Morgan fingerprint density at radius 1 is 1.19 bits per heavy atom. The molecule has 0 spiro atoms. The minimum absolute atomic E-state index is 0.0249. The van der Waals surface area contributed by atoms with E-state index in [9.17, 15) is 9.90 Å². The van der Waals surface area contributed by atoms with E-state index in [1.165, 1.54) is 6.07 Å². The molecule has 1 aliphatic rings. The number of aromatic hydroxyl groups is 1. The van der Waals surface area contributed by atoms with E-state index in [-0.39, 0.29) is 12.5 Å². The van der Waals surface area contributed by atoms with Crippen molar-refractivity contribution in [3.63, 3.8) is 0 Å². The van der Waals surface area contributed by atoms with E-state index in [0.29, 0.717) is 22.8 Å². The van der Waals surface area contributed by atoms with E-state index in [2.05, 4.69) is 5.32 Å². The molecule has 27 heavy (non-hydrogen) atoms. The minimum Gasteiger partial charge on any atom is -0.507 e. The number of carbonyl (C=O) groups excluding carboxylic acids is 1. The van der Waals surface area contributed by atoms with Crippen LogP contribution in [0.5, 0.6) is 23.0 Å². The normalized spacial score (nSPS) is 13.8. The SMILES string of the molecule is COc1cccc([C@@H](NC(=O)OC(C)(C)C)c2cc3c(cc2O)OCO3)c1. The maximum absolute atomic E-state index is 12.4. The molecule has 2 aromatic carbocycles. The number of nitrogens with one attached hydrogen (secondary N) is 1. The molecule has 0 aromatic heterocycles. The molecule has 0 radical (unpaired) electrons. The third-order valence-corrected chi connectivity index (χ3v) is 3.92. The summed E-state index contributed by atoms with van der Waals surface area (Å²) in [6, 6.07) is 9.67. The molecule has 0 saturated carbocycles. The number of rotatable bonds is 4. The average Bonchev–Trinajstić information content (AvgIpc) is 3.04. The summed E-state index contributed by atoms with van der Waals surface area (Å²) in [4.78, 5) is 12.4. The van der Waals surface area contributed by atoms with Crippen molar-refractivity contribution in [2.75, 3.05) is 13.9 Å². The first-order valence-corrected chi connectivity index (χ1v) is 8.53. The first-order chi connectivity index (χ1) is 12.8. The van der Waals surface area contributed by atoms with Gasteiger partial charge < -0.3 is 29.4 Å². The lowest BCUT2D eigenvalue weighted by Crippen LogP contribution is -2.35. The van der Waals surface area contributed by atoms with Crippen LogP contribution in [0.2, 0.25) is 0 Å². The summed E-state index contributed by atoms with van der Waals surface area (Å²) in [5.74, 6) is 1.56. The molecule has 0 fully saturated rings. The summed E-state index contributed by atoms with van der Waals surface area (Å²) in [5.41, 5.74) is 0.521. The van der Waals surface area contributed by atoms with Gasteiger partial charge >= 0.3 is 6.09 Å². The molecule has 0 saturated heterocycles. The fourth-order valence-electron chi connectivity index (χ4n) is 2.77. The molecule has 0 bridgehead atoms. The van der Waals surface area contributed by atoms with Gasteiger partial charge in [-0.2, -0.15) is 0 Å². The first-order valence-electron chi connectivity index (χ1n) is 8.53. The van der Waals surface area contributed by atoms with Crippen molar-refractivity contribution in [2.24, 2.45) is 0 Å². The fraction of sp³-hybridized carbons (Fsp3) is 0.350. The summed E-state index contributed by atoms with van der Waals surface area (Å²) < 4.78 is 21.4. The maximum atomic E-state index is 12.4. The van der Waals surface area contributed by atoms with E-state index < -0.39 is 17.7 Å². The van der Waals surface area contributed by atoms with Crippen LogP contribution >= 0.6 is 0 Å². The van der Waals surface area contributed by atoms with E-state index in [1.54, 1.807) is 46.1 Å². The Hall–Kier alpha value is -3.09. The molecule has 144 valence electrons. The number of alkyl carbamates (subject to hydrolysis) is 1. The number of methoxy groups -OCH3 is 1. The first kappa shape index (κ1) is 18.7. The van der Waals surface area contributed by atoms with Crippen LogP contribution in [0.15, 0.2) is 36.4 Å². The number of fused-ring (bicyclic) bond motifs is 1. The molecular formula is C20H23NO6. The number of phenols is 1. The van der Waals surface area contributed by atoms with Gasteiger partial charge in [-0.15, -0.1) is 0 Å². The zero-order valence-electron chi connectivity index (χ0n) is 15.7. The van der Waals surface area contributed by atoms with Gasteiger partial charge in [-0.3, -0.25) is 0 Å². The number of hydrogen-bond donors (Lipinski definition) is 2. The van der Waals surface area contributed by atoms with Gasteiger partial charge in [0.1, 0.15) is 17.1 Å². The Labute approximate surface area is 157 Å². The number of ether oxygens (including phenoxy) is 4. The highest BCUT2D eigenvalue weighted by atomic mass is 16.7. The predicted octanol–water partition coefficient (Wildman–Crippen LogP) is 3.74. The van der Waals surface area contributed by atoms with E-state index in [4.69, 9.17) is 18.9 Å². The van der Waals surface area contributed by atoms with E-state index >= 15 is 0 Å². The van der Waals surface area contributed by atoms with Crippen LogP contribution in [-0.2, 0) is 4.74 Å². The van der Waals surface area contributed by atoms with Crippen molar-refractivity contribution in [3.05, 3.63) is 47.5 Å². The van der Waals surface area contributed by atoms with E-state index in [1.807, 2.05) is 12.1 Å². The Bertz CT molecular complexity index is 843. The van der Waals surface area contributed by atoms with Gasteiger partial charge in [-0.25, -0.2) is 4.79 Å². The van der Waals surface area contributed by atoms with Crippen LogP contribution in [0, 0.1) is 0 Å². The van der Waals surface area contributed by atoms with Crippen molar-refractivity contribution >= 4 is 6.09 Å². The highest BCUT2D eigenvalue weighted by molar-refractivity contribution is 5.70. The van der Waals surface area contributed by atoms with Crippen LogP contribution < -0.4 is 19.5 Å². The second-order valence-electron chi connectivity index (χ2n) is 7.12. The summed E-state index contributed by atoms with van der Waals surface area (Å²) in [6.45, 7) is 5.43. The van der Waals surface area contributed by atoms with Crippen LogP contribution in [0.1, 0.15) is 37.9 Å². The standard InChI is InChI=1S/C20H23NO6/c1-20(2,3)27-19(23)21-18(12-6-5-7-13(8-12)24-4)14-9-16-17(10-15(14)22)26-11-25-16/h5-10,18,22H,11H2,1-4H3,(H,21,23)/t18-/m1/s1. The highest BCUT2D eigenvalue weighted by Crippen LogP contribution is 2.41. The van der Waals surface area contributed by atoms with Crippen molar-refractivity contribution in [1.29, 1.82) is 0 Å². The summed E-state index contributed by atoms with van der Waals surface area (Å²) in [7, 11) is 1.56. The van der Waals surface area contributed by atoms with E-state index in [0.717, 1.165) is 5.56 Å². The molecule has 7 heteroatoms. The van der Waals surface area contributed by atoms with Crippen LogP contribution in [0.4, 0.5) is 4.79 Å². The van der Waals surface area contributed by atoms with Crippen molar-refractivity contribution < 1.29 is 28.8 Å². The molecule has 3 rings (SSSR count). The smallest absolute Gasteiger partial charge is 0.408 e. The van der Waals surface area contributed by atoms with Crippen LogP contribution in [0.25, 0.3) is 0 Å². The van der Waals surface area contributed by atoms with Gasteiger partial charge in [-0.05, 0) is 44.5 Å². The van der Waals surface area contributed by atoms with Crippen molar-refractivity contribution in [3.8, 4) is 23.0 Å². The Morgan fingerprint density at radius 2 is 1.89 bits per heavy atom.